The van der Waals surface area contributed by atoms with Crippen molar-refractivity contribution < 1.29 is 4.79 Å². The minimum absolute atomic E-state index is 0.159. The normalized spacial score (nSPS) is 20.1. The third-order valence-corrected chi connectivity index (χ3v) is 2.09. The molecule has 1 aliphatic carbocycles. The maximum absolute atomic E-state index is 11.2. The lowest BCUT2D eigenvalue weighted by atomic mass is 10.1. The molecule has 0 atom stereocenters. The monoisotopic (exact) mass is 139 g/mol. The van der Waals surface area contributed by atoms with Crippen molar-refractivity contribution in [3.8, 4) is 0 Å². The van der Waals surface area contributed by atoms with E-state index in [9.17, 15) is 4.79 Å². The van der Waals surface area contributed by atoms with E-state index in [2.05, 4.69) is 11.9 Å². The molecule has 2 heteroatoms. The van der Waals surface area contributed by atoms with Gasteiger partial charge in [-0.1, -0.05) is 6.08 Å². The third kappa shape index (κ3) is 1.12. The summed E-state index contributed by atoms with van der Waals surface area (Å²) in [5, 5.41) is 3.04. The molecule has 0 radical (unpaired) electrons. The highest BCUT2D eigenvalue weighted by atomic mass is 16.1. The summed E-state index contributed by atoms with van der Waals surface area (Å²) in [6, 6.07) is 0. The van der Waals surface area contributed by atoms with Crippen LogP contribution < -0.4 is 5.32 Å². The van der Waals surface area contributed by atoms with E-state index in [4.69, 9.17) is 0 Å². The van der Waals surface area contributed by atoms with Crippen molar-refractivity contribution in [2.75, 3.05) is 7.05 Å². The van der Waals surface area contributed by atoms with Crippen molar-refractivity contribution >= 4 is 5.78 Å². The first-order valence-electron chi connectivity index (χ1n) is 3.58. The van der Waals surface area contributed by atoms with Gasteiger partial charge in [0.25, 0.3) is 0 Å². The number of carbonyl (C=O) groups excluding carboxylic acids is 1. The molecule has 1 rings (SSSR count). The Balaban J connectivity index is 2.47. The summed E-state index contributed by atoms with van der Waals surface area (Å²) in [6.45, 7) is 3.53. The van der Waals surface area contributed by atoms with E-state index in [1.807, 2.05) is 7.05 Å². The molecule has 1 fully saturated rings. The van der Waals surface area contributed by atoms with Gasteiger partial charge in [-0.05, 0) is 19.9 Å². The van der Waals surface area contributed by atoms with Gasteiger partial charge in [-0.15, -0.1) is 6.58 Å². The second-order valence-corrected chi connectivity index (χ2v) is 2.75. The molecule has 0 amide bonds. The molecular formula is C8H13NO. The van der Waals surface area contributed by atoms with Gasteiger partial charge in [0.05, 0.1) is 5.54 Å². The van der Waals surface area contributed by atoms with Crippen LogP contribution >= 0.6 is 0 Å². The maximum atomic E-state index is 11.2. The van der Waals surface area contributed by atoms with E-state index in [1.165, 1.54) is 0 Å². The molecule has 1 N–H and O–H groups in total. The lowest BCUT2D eigenvalue weighted by molar-refractivity contribution is -0.121. The number of hydrogen-bond donors (Lipinski definition) is 1. The summed E-state index contributed by atoms with van der Waals surface area (Å²) < 4.78 is 0. The van der Waals surface area contributed by atoms with Crippen molar-refractivity contribution in [2.24, 2.45) is 0 Å². The van der Waals surface area contributed by atoms with Gasteiger partial charge >= 0.3 is 0 Å². The fourth-order valence-corrected chi connectivity index (χ4v) is 1.12. The Hall–Kier alpha value is -0.630. The average molecular weight is 139 g/mol. The quantitative estimate of drug-likeness (QED) is 0.586. The zero-order valence-corrected chi connectivity index (χ0v) is 6.31. The van der Waals surface area contributed by atoms with Gasteiger partial charge < -0.3 is 5.32 Å². The summed E-state index contributed by atoms with van der Waals surface area (Å²) in [6.07, 6.45) is 4.16. The van der Waals surface area contributed by atoms with Crippen LogP contribution in [0.25, 0.3) is 0 Å². The molecule has 0 aromatic carbocycles. The molecule has 0 heterocycles. The molecule has 0 unspecified atom stereocenters. The van der Waals surface area contributed by atoms with E-state index < -0.39 is 0 Å². The van der Waals surface area contributed by atoms with E-state index in [-0.39, 0.29) is 11.3 Å². The van der Waals surface area contributed by atoms with E-state index in [0.717, 1.165) is 12.8 Å². The molecule has 0 saturated heterocycles. The lowest BCUT2D eigenvalue weighted by Gasteiger charge is -2.09. The maximum Gasteiger partial charge on any atom is 0.156 e. The van der Waals surface area contributed by atoms with Crippen LogP contribution in [0.15, 0.2) is 12.7 Å². The van der Waals surface area contributed by atoms with Crippen molar-refractivity contribution in [3.63, 3.8) is 0 Å². The molecule has 56 valence electrons. The summed E-state index contributed by atoms with van der Waals surface area (Å²) >= 11 is 0. The van der Waals surface area contributed by atoms with Crippen molar-refractivity contribution in [1.29, 1.82) is 0 Å². The fourth-order valence-electron chi connectivity index (χ4n) is 1.12. The Bertz CT molecular complexity index is 159. The Morgan fingerprint density at radius 3 is 2.70 bits per heavy atom. The van der Waals surface area contributed by atoms with Gasteiger partial charge in [0.2, 0.25) is 0 Å². The molecule has 0 aliphatic heterocycles. The minimum atomic E-state index is -0.159. The number of allylic oxidation sites excluding steroid dienone is 1. The van der Waals surface area contributed by atoms with Gasteiger partial charge in [0, 0.05) is 6.42 Å². The van der Waals surface area contributed by atoms with Gasteiger partial charge in [0.1, 0.15) is 0 Å². The molecule has 1 aliphatic rings. The number of Topliss-reactive ketones (excluding diaryl/α,β-unsaturated/α-hetero) is 1. The Kier molecular flexibility index (Phi) is 1.90. The molecule has 0 aromatic rings. The average Bonchev–Trinajstić information content (AvgIpc) is 2.68. The van der Waals surface area contributed by atoms with Gasteiger partial charge in [0.15, 0.2) is 5.78 Å². The Labute approximate surface area is 61.3 Å². The summed E-state index contributed by atoms with van der Waals surface area (Å²) in [5.74, 6) is 0.282. The first kappa shape index (κ1) is 7.48. The van der Waals surface area contributed by atoms with Crippen LogP contribution in [0.3, 0.4) is 0 Å². The first-order chi connectivity index (χ1) is 4.75. The summed E-state index contributed by atoms with van der Waals surface area (Å²) in [4.78, 5) is 11.2. The molecule has 0 bridgehead atoms. The van der Waals surface area contributed by atoms with Gasteiger partial charge in [-0.2, -0.15) is 0 Å². The number of hydrogen-bond acceptors (Lipinski definition) is 2. The Morgan fingerprint density at radius 1 is 1.80 bits per heavy atom. The number of nitrogens with one attached hydrogen (secondary N) is 1. The summed E-state index contributed by atoms with van der Waals surface area (Å²) in [5.41, 5.74) is -0.159. The highest BCUT2D eigenvalue weighted by molar-refractivity contribution is 5.92. The van der Waals surface area contributed by atoms with Crippen LogP contribution in [-0.2, 0) is 4.79 Å². The Morgan fingerprint density at radius 2 is 2.40 bits per heavy atom. The molecule has 2 nitrogen and oxygen atoms in total. The number of carbonyl (C=O) groups is 1. The first-order valence-corrected chi connectivity index (χ1v) is 3.58. The third-order valence-electron chi connectivity index (χ3n) is 2.09. The topological polar surface area (TPSA) is 29.1 Å². The predicted octanol–water partition coefficient (Wildman–Crippen LogP) is 0.884. The molecule has 10 heavy (non-hydrogen) atoms. The van der Waals surface area contributed by atoms with Crippen LogP contribution in [0, 0.1) is 0 Å². The van der Waals surface area contributed by atoms with Crippen molar-refractivity contribution in [3.05, 3.63) is 12.7 Å². The predicted molar refractivity (Wildman–Crippen MR) is 40.8 cm³/mol. The van der Waals surface area contributed by atoms with E-state index in [0.29, 0.717) is 6.42 Å². The van der Waals surface area contributed by atoms with Crippen LogP contribution in [-0.4, -0.2) is 18.4 Å². The van der Waals surface area contributed by atoms with Crippen LogP contribution in [0.2, 0.25) is 0 Å². The van der Waals surface area contributed by atoms with E-state index >= 15 is 0 Å². The molecule has 1 saturated carbocycles. The number of ketones is 1. The zero-order chi connectivity index (χ0) is 7.61. The second-order valence-electron chi connectivity index (χ2n) is 2.75. The van der Waals surface area contributed by atoms with Gasteiger partial charge in [-0.25, -0.2) is 0 Å². The van der Waals surface area contributed by atoms with Crippen LogP contribution in [0.4, 0.5) is 0 Å². The fraction of sp³-hybridized carbons (Fsp3) is 0.625. The minimum Gasteiger partial charge on any atom is -0.308 e. The molecule has 0 aromatic heterocycles. The molecular weight excluding hydrogens is 126 g/mol. The van der Waals surface area contributed by atoms with E-state index in [1.54, 1.807) is 6.08 Å². The highest BCUT2D eigenvalue weighted by Gasteiger charge is 2.46. The highest BCUT2D eigenvalue weighted by Crippen LogP contribution is 2.36. The van der Waals surface area contributed by atoms with Gasteiger partial charge in [-0.3, -0.25) is 4.79 Å². The standard InChI is InChI=1S/C8H13NO/c1-3-4-7(10)8(9-2)5-6-8/h3,9H,1,4-6H2,2H3. The molecule has 0 spiro atoms. The van der Waals surface area contributed by atoms with Crippen molar-refractivity contribution in [1.82, 2.24) is 5.32 Å². The second kappa shape index (κ2) is 2.54. The van der Waals surface area contributed by atoms with Crippen LogP contribution in [0.5, 0.6) is 0 Å². The largest absolute Gasteiger partial charge is 0.308 e. The summed E-state index contributed by atoms with van der Waals surface area (Å²) in [7, 11) is 1.84. The van der Waals surface area contributed by atoms with Crippen LogP contribution in [0.1, 0.15) is 19.3 Å². The van der Waals surface area contributed by atoms with Crippen molar-refractivity contribution in [2.45, 2.75) is 24.8 Å². The SMILES string of the molecule is C=CCC(=O)C1(NC)CC1. The smallest absolute Gasteiger partial charge is 0.156 e. The lowest BCUT2D eigenvalue weighted by Crippen LogP contribution is -2.35. The zero-order valence-electron chi connectivity index (χ0n) is 6.31. The number of likely N-dealkylation sites (N-methyl/N-ethyl adjacent to an activating group) is 1. The number of rotatable bonds is 4.